The van der Waals surface area contributed by atoms with Crippen LogP contribution in [0.5, 0.6) is 0 Å². The first-order valence-electron chi connectivity index (χ1n) is 6.01. The molecule has 0 bridgehead atoms. The fourth-order valence-corrected chi connectivity index (χ4v) is 2.19. The Kier molecular flexibility index (Phi) is 5.12. The Morgan fingerprint density at radius 1 is 1.32 bits per heavy atom. The molecular weight excluding hydrogens is 304 g/mol. The van der Waals surface area contributed by atoms with Gasteiger partial charge in [0.25, 0.3) is 0 Å². The summed E-state index contributed by atoms with van der Waals surface area (Å²) in [5, 5.41) is 0. The number of ether oxygens (including phenoxy) is 1. The van der Waals surface area contributed by atoms with Crippen LogP contribution in [0.25, 0.3) is 6.08 Å². The highest BCUT2D eigenvalue weighted by Gasteiger charge is 2.33. The number of esters is 1. The quantitative estimate of drug-likeness (QED) is 0.597. The average molecular weight is 323 g/mol. The van der Waals surface area contributed by atoms with Gasteiger partial charge in [-0.1, -0.05) is 46.3 Å². The molecule has 102 valence electrons. The molecule has 0 fully saturated rings. The number of hydrogen-bond acceptors (Lipinski definition) is 2. The largest absolute Gasteiger partial charge is 0.468 e. The fraction of sp³-hybridized carbons (Fsp3) is 0.312. The Morgan fingerprint density at radius 3 is 2.26 bits per heavy atom. The van der Waals surface area contributed by atoms with Gasteiger partial charge in [0, 0.05) is 4.47 Å². The molecule has 0 radical (unpaired) electrons. The number of benzene rings is 1. The minimum Gasteiger partial charge on any atom is -0.468 e. The molecule has 0 unspecified atom stereocenters. The summed E-state index contributed by atoms with van der Waals surface area (Å²) < 4.78 is 5.90. The predicted octanol–water partition coefficient (Wildman–Crippen LogP) is 4.61. The Balaban J connectivity index is 3.25. The third kappa shape index (κ3) is 3.80. The van der Waals surface area contributed by atoms with Crippen LogP contribution in [0.2, 0.25) is 0 Å². The predicted molar refractivity (Wildman–Crippen MR) is 82.7 cm³/mol. The van der Waals surface area contributed by atoms with Crippen LogP contribution < -0.4 is 0 Å². The van der Waals surface area contributed by atoms with Crippen LogP contribution in [0, 0.1) is 5.41 Å². The summed E-state index contributed by atoms with van der Waals surface area (Å²) in [6.07, 6.45) is 1.98. The number of carbonyl (C=O) groups excluding carboxylic acids is 1. The van der Waals surface area contributed by atoms with E-state index in [0.717, 1.165) is 21.2 Å². The van der Waals surface area contributed by atoms with Crippen LogP contribution in [0.1, 0.15) is 26.3 Å². The third-order valence-electron chi connectivity index (χ3n) is 3.01. The Morgan fingerprint density at radius 2 is 1.84 bits per heavy atom. The molecule has 0 aromatic heterocycles. The standard InChI is InChI=1S/C16H19BrO2/c1-11(2)14(16(3,4)15(18)19-5)10-12-6-8-13(17)9-7-12/h6-10H,1H2,2-5H3/b14-10-. The number of hydrogen-bond donors (Lipinski definition) is 0. The van der Waals surface area contributed by atoms with Crippen molar-refractivity contribution in [3.05, 3.63) is 52.0 Å². The molecule has 0 atom stereocenters. The molecule has 0 heterocycles. The molecule has 19 heavy (non-hydrogen) atoms. The maximum absolute atomic E-state index is 11.9. The van der Waals surface area contributed by atoms with Crippen molar-refractivity contribution in [1.82, 2.24) is 0 Å². The summed E-state index contributed by atoms with van der Waals surface area (Å²) in [5.74, 6) is -0.265. The lowest BCUT2D eigenvalue weighted by molar-refractivity contribution is -0.148. The molecule has 3 heteroatoms. The van der Waals surface area contributed by atoms with Gasteiger partial charge in [0.2, 0.25) is 0 Å². The van der Waals surface area contributed by atoms with Crippen molar-refractivity contribution in [3.8, 4) is 0 Å². The maximum Gasteiger partial charge on any atom is 0.315 e. The zero-order valence-corrected chi connectivity index (χ0v) is 13.4. The van der Waals surface area contributed by atoms with E-state index in [2.05, 4.69) is 22.5 Å². The van der Waals surface area contributed by atoms with E-state index in [0.29, 0.717) is 0 Å². The van der Waals surface area contributed by atoms with E-state index in [9.17, 15) is 4.79 Å². The van der Waals surface area contributed by atoms with E-state index in [1.165, 1.54) is 7.11 Å². The van der Waals surface area contributed by atoms with Gasteiger partial charge in [0.1, 0.15) is 0 Å². The number of carbonyl (C=O) groups is 1. The number of rotatable bonds is 4. The van der Waals surface area contributed by atoms with Gasteiger partial charge in [0.15, 0.2) is 0 Å². The molecule has 0 N–H and O–H groups in total. The summed E-state index contributed by atoms with van der Waals surface area (Å²) >= 11 is 3.40. The van der Waals surface area contributed by atoms with Crippen molar-refractivity contribution in [2.75, 3.05) is 7.11 Å². The molecule has 0 aliphatic rings. The third-order valence-corrected chi connectivity index (χ3v) is 3.54. The SMILES string of the molecule is C=C(C)/C(=C/c1ccc(Br)cc1)C(C)(C)C(=O)OC. The van der Waals surface area contributed by atoms with E-state index in [1.54, 1.807) is 0 Å². The van der Waals surface area contributed by atoms with Crippen LogP contribution in [-0.2, 0) is 9.53 Å². The van der Waals surface area contributed by atoms with Crippen molar-refractivity contribution in [2.45, 2.75) is 20.8 Å². The molecule has 0 saturated heterocycles. The molecular formula is C16H19BrO2. The smallest absolute Gasteiger partial charge is 0.315 e. The summed E-state index contributed by atoms with van der Waals surface area (Å²) in [4.78, 5) is 11.9. The van der Waals surface area contributed by atoms with Gasteiger partial charge in [-0.2, -0.15) is 0 Å². The monoisotopic (exact) mass is 322 g/mol. The van der Waals surface area contributed by atoms with Crippen molar-refractivity contribution in [1.29, 1.82) is 0 Å². The highest BCUT2D eigenvalue weighted by Crippen LogP contribution is 2.34. The Hall–Kier alpha value is -1.35. The second kappa shape index (κ2) is 6.20. The van der Waals surface area contributed by atoms with Crippen molar-refractivity contribution in [2.24, 2.45) is 5.41 Å². The minimum atomic E-state index is -0.715. The van der Waals surface area contributed by atoms with Crippen molar-refractivity contribution < 1.29 is 9.53 Å². The van der Waals surface area contributed by atoms with Gasteiger partial charge in [0.05, 0.1) is 12.5 Å². The summed E-state index contributed by atoms with van der Waals surface area (Å²) in [7, 11) is 1.40. The van der Waals surface area contributed by atoms with Gasteiger partial charge in [-0.15, -0.1) is 0 Å². The molecule has 0 saturated carbocycles. The van der Waals surface area contributed by atoms with E-state index < -0.39 is 5.41 Å². The van der Waals surface area contributed by atoms with Gasteiger partial charge < -0.3 is 4.74 Å². The highest BCUT2D eigenvalue weighted by atomic mass is 79.9. The van der Waals surface area contributed by atoms with E-state index in [1.807, 2.05) is 51.1 Å². The van der Waals surface area contributed by atoms with Crippen LogP contribution in [0.4, 0.5) is 0 Å². The molecule has 1 rings (SSSR count). The van der Waals surface area contributed by atoms with Crippen molar-refractivity contribution >= 4 is 28.0 Å². The lowest BCUT2D eigenvalue weighted by atomic mass is 9.80. The summed E-state index contributed by atoms with van der Waals surface area (Å²) in [6, 6.07) is 7.90. The molecule has 2 nitrogen and oxygen atoms in total. The molecule has 0 amide bonds. The first-order valence-corrected chi connectivity index (χ1v) is 6.80. The van der Waals surface area contributed by atoms with Gasteiger partial charge >= 0.3 is 5.97 Å². The lowest BCUT2D eigenvalue weighted by Crippen LogP contribution is -2.28. The second-order valence-corrected chi connectivity index (χ2v) is 5.92. The zero-order valence-electron chi connectivity index (χ0n) is 11.8. The number of methoxy groups -OCH3 is 1. The van der Waals surface area contributed by atoms with Gasteiger partial charge in [-0.25, -0.2) is 0 Å². The van der Waals surface area contributed by atoms with E-state index in [4.69, 9.17) is 4.74 Å². The van der Waals surface area contributed by atoms with Crippen molar-refractivity contribution in [3.63, 3.8) is 0 Å². The Labute approximate surface area is 123 Å². The highest BCUT2D eigenvalue weighted by molar-refractivity contribution is 9.10. The van der Waals surface area contributed by atoms with Gasteiger partial charge in [-0.05, 0) is 44.0 Å². The molecule has 0 spiro atoms. The topological polar surface area (TPSA) is 26.3 Å². The minimum absolute atomic E-state index is 0.265. The fourth-order valence-electron chi connectivity index (χ4n) is 1.93. The maximum atomic E-state index is 11.9. The van der Waals surface area contributed by atoms with E-state index >= 15 is 0 Å². The van der Waals surface area contributed by atoms with Crippen LogP contribution in [0.15, 0.2) is 46.5 Å². The zero-order chi connectivity index (χ0) is 14.6. The first kappa shape index (κ1) is 15.7. The summed E-state index contributed by atoms with van der Waals surface area (Å²) in [6.45, 7) is 9.56. The van der Waals surface area contributed by atoms with Crippen LogP contribution in [0.3, 0.4) is 0 Å². The molecule has 0 aliphatic carbocycles. The van der Waals surface area contributed by atoms with Crippen LogP contribution >= 0.6 is 15.9 Å². The first-order chi connectivity index (χ1) is 8.78. The molecule has 0 aliphatic heterocycles. The van der Waals surface area contributed by atoms with E-state index in [-0.39, 0.29) is 5.97 Å². The van der Waals surface area contributed by atoms with Gasteiger partial charge in [-0.3, -0.25) is 4.79 Å². The summed E-state index contributed by atoms with van der Waals surface area (Å²) in [5.41, 5.74) is 2.05. The molecule has 1 aromatic rings. The molecule has 1 aromatic carbocycles. The Bertz CT molecular complexity index is 510. The van der Waals surface area contributed by atoms with Crippen LogP contribution in [-0.4, -0.2) is 13.1 Å². The number of halogens is 1. The lowest BCUT2D eigenvalue weighted by Gasteiger charge is -2.25. The number of allylic oxidation sites excluding steroid dienone is 1. The average Bonchev–Trinajstić information content (AvgIpc) is 2.36. The second-order valence-electron chi connectivity index (χ2n) is 5.01. The normalized spacial score (nSPS) is 12.2.